The number of anilines is 1. The quantitative estimate of drug-likeness (QED) is 0.680. The number of thioether (sulfide) groups is 1. The number of halogens is 1. The number of aromatic amines is 1. The van der Waals surface area contributed by atoms with Gasteiger partial charge in [0.1, 0.15) is 16.5 Å². The number of benzene rings is 1. The van der Waals surface area contributed by atoms with Gasteiger partial charge in [-0.1, -0.05) is 6.07 Å². The third kappa shape index (κ3) is 3.77. The van der Waals surface area contributed by atoms with E-state index >= 15 is 0 Å². The number of rotatable bonds is 5. The maximum Gasteiger partial charge on any atom is 0.259 e. The van der Waals surface area contributed by atoms with Crippen LogP contribution in [0.25, 0.3) is 10.2 Å². The fraction of sp³-hybridized carbons (Fsp3) is 0.316. The standard InChI is InChI=1S/C19H18FN3O2S2/c1-10-5-6-13(12(20)7-10)21-16(24)9-26-8-15-22-18(25)17-11-3-2-4-14(11)27-19(17)23-15/h5-7H,2-4,8-9H2,1H3,(H,21,24)(H,22,23,25). The first-order valence-electron chi connectivity index (χ1n) is 8.68. The first-order valence-corrected chi connectivity index (χ1v) is 10.7. The smallest absolute Gasteiger partial charge is 0.259 e. The van der Waals surface area contributed by atoms with E-state index in [2.05, 4.69) is 15.3 Å². The summed E-state index contributed by atoms with van der Waals surface area (Å²) in [5.74, 6) is 0.386. The van der Waals surface area contributed by atoms with E-state index in [1.54, 1.807) is 30.4 Å². The van der Waals surface area contributed by atoms with Crippen LogP contribution in [0.1, 0.15) is 28.2 Å². The van der Waals surface area contributed by atoms with Crippen LogP contribution in [0.2, 0.25) is 0 Å². The number of H-pyrrole nitrogens is 1. The zero-order valence-electron chi connectivity index (χ0n) is 14.7. The van der Waals surface area contributed by atoms with E-state index in [1.807, 2.05) is 0 Å². The summed E-state index contributed by atoms with van der Waals surface area (Å²) < 4.78 is 13.8. The maximum atomic E-state index is 13.8. The van der Waals surface area contributed by atoms with Crippen LogP contribution in [-0.2, 0) is 23.4 Å². The van der Waals surface area contributed by atoms with Crippen LogP contribution in [0, 0.1) is 12.7 Å². The fourth-order valence-corrected chi connectivity index (χ4v) is 5.23. The van der Waals surface area contributed by atoms with E-state index in [0.717, 1.165) is 40.6 Å². The molecule has 4 rings (SSSR count). The van der Waals surface area contributed by atoms with Gasteiger partial charge in [-0.15, -0.1) is 23.1 Å². The molecule has 0 spiro atoms. The van der Waals surface area contributed by atoms with Gasteiger partial charge in [-0.3, -0.25) is 9.59 Å². The third-order valence-electron chi connectivity index (χ3n) is 4.49. The van der Waals surface area contributed by atoms with Gasteiger partial charge in [0.25, 0.3) is 5.56 Å². The molecule has 8 heteroatoms. The SMILES string of the molecule is Cc1ccc(NC(=O)CSCc2nc3sc4c(c3c(=O)[nH]2)CCC4)c(F)c1. The van der Waals surface area contributed by atoms with E-state index in [4.69, 9.17) is 0 Å². The topological polar surface area (TPSA) is 74.8 Å². The first-order chi connectivity index (χ1) is 13.0. The molecule has 1 aliphatic rings. The molecule has 2 aromatic heterocycles. The largest absolute Gasteiger partial charge is 0.323 e. The van der Waals surface area contributed by atoms with Crippen molar-refractivity contribution >= 4 is 44.9 Å². The van der Waals surface area contributed by atoms with Crippen LogP contribution < -0.4 is 10.9 Å². The Morgan fingerprint density at radius 2 is 2.26 bits per heavy atom. The highest BCUT2D eigenvalue weighted by atomic mass is 32.2. The second kappa shape index (κ2) is 7.44. The van der Waals surface area contributed by atoms with Gasteiger partial charge in [0.2, 0.25) is 5.91 Å². The zero-order valence-corrected chi connectivity index (χ0v) is 16.4. The molecule has 140 valence electrons. The van der Waals surface area contributed by atoms with E-state index in [1.165, 1.54) is 22.7 Å². The molecule has 3 aromatic rings. The Bertz CT molecular complexity index is 1090. The van der Waals surface area contributed by atoms with E-state index in [9.17, 15) is 14.0 Å². The number of fused-ring (bicyclic) bond motifs is 3. The summed E-state index contributed by atoms with van der Waals surface area (Å²) in [4.78, 5) is 33.9. The predicted octanol–water partition coefficient (Wildman–Crippen LogP) is 3.79. The van der Waals surface area contributed by atoms with Gasteiger partial charge in [-0.05, 0) is 49.4 Å². The molecule has 0 saturated carbocycles. The lowest BCUT2D eigenvalue weighted by atomic mass is 10.2. The molecule has 0 aliphatic heterocycles. The summed E-state index contributed by atoms with van der Waals surface area (Å²) in [5, 5.41) is 3.30. The second-order valence-electron chi connectivity index (χ2n) is 6.57. The van der Waals surface area contributed by atoms with Crippen molar-refractivity contribution in [2.24, 2.45) is 0 Å². The monoisotopic (exact) mass is 403 g/mol. The third-order valence-corrected chi connectivity index (χ3v) is 6.62. The van der Waals surface area contributed by atoms with E-state index in [-0.39, 0.29) is 22.9 Å². The molecule has 0 bridgehead atoms. The number of amides is 1. The average molecular weight is 404 g/mol. The van der Waals surface area contributed by atoms with E-state index < -0.39 is 5.82 Å². The fourth-order valence-electron chi connectivity index (χ4n) is 3.26. The van der Waals surface area contributed by atoms with Crippen LogP contribution >= 0.6 is 23.1 Å². The Morgan fingerprint density at radius 1 is 1.41 bits per heavy atom. The molecule has 2 heterocycles. The van der Waals surface area contributed by atoms with E-state index in [0.29, 0.717) is 11.6 Å². The van der Waals surface area contributed by atoms with Crippen LogP contribution in [0.5, 0.6) is 0 Å². The molecule has 1 amide bonds. The summed E-state index contributed by atoms with van der Waals surface area (Å²) in [6.45, 7) is 1.79. The lowest BCUT2D eigenvalue weighted by Crippen LogP contribution is -2.16. The van der Waals surface area contributed by atoms with Crippen LogP contribution in [-0.4, -0.2) is 21.6 Å². The Balaban J connectivity index is 1.39. The Hall–Kier alpha value is -2.19. The minimum atomic E-state index is -0.449. The summed E-state index contributed by atoms with van der Waals surface area (Å²) >= 11 is 2.93. The molecule has 0 saturated heterocycles. The Labute approximate surface area is 163 Å². The number of carbonyl (C=O) groups is 1. The van der Waals surface area contributed by atoms with Crippen molar-refractivity contribution < 1.29 is 9.18 Å². The molecule has 5 nitrogen and oxygen atoms in total. The Morgan fingerprint density at radius 3 is 3.07 bits per heavy atom. The molecule has 1 aromatic carbocycles. The Kier molecular flexibility index (Phi) is 5.01. The normalized spacial score (nSPS) is 13.1. The zero-order chi connectivity index (χ0) is 19.0. The van der Waals surface area contributed by atoms with Gasteiger partial charge < -0.3 is 10.3 Å². The number of aromatic nitrogens is 2. The lowest BCUT2D eigenvalue weighted by molar-refractivity contribution is -0.113. The summed E-state index contributed by atoms with van der Waals surface area (Å²) in [5.41, 5.74) is 2.03. The number of aryl methyl sites for hydroxylation is 3. The highest BCUT2D eigenvalue weighted by molar-refractivity contribution is 7.99. The molecule has 27 heavy (non-hydrogen) atoms. The molecule has 0 atom stereocenters. The minimum Gasteiger partial charge on any atom is -0.323 e. The molecule has 1 aliphatic carbocycles. The minimum absolute atomic E-state index is 0.0961. The van der Waals surface area contributed by atoms with Gasteiger partial charge in [-0.25, -0.2) is 9.37 Å². The van der Waals surface area contributed by atoms with Crippen LogP contribution in [0.15, 0.2) is 23.0 Å². The van der Waals surface area contributed by atoms with Crippen LogP contribution in [0.3, 0.4) is 0 Å². The highest BCUT2D eigenvalue weighted by Gasteiger charge is 2.21. The van der Waals surface area contributed by atoms with Crippen molar-refractivity contribution in [3.8, 4) is 0 Å². The average Bonchev–Trinajstić information content (AvgIpc) is 3.18. The molecule has 0 fully saturated rings. The second-order valence-corrected chi connectivity index (χ2v) is 8.64. The van der Waals surface area contributed by atoms with Gasteiger partial charge >= 0.3 is 0 Å². The van der Waals surface area contributed by atoms with Crippen molar-refractivity contribution in [2.75, 3.05) is 11.1 Å². The number of hydrogen-bond donors (Lipinski definition) is 2. The molecular formula is C19H18FN3O2S2. The van der Waals surface area contributed by atoms with Crippen molar-refractivity contribution in [2.45, 2.75) is 31.9 Å². The number of nitrogens with zero attached hydrogens (tertiary/aromatic N) is 1. The van der Waals surface area contributed by atoms with Crippen molar-refractivity contribution in [3.63, 3.8) is 0 Å². The van der Waals surface area contributed by atoms with Crippen molar-refractivity contribution in [1.82, 2.24) is 9.97 Å². The number of hydrogen-bond acceptors (Lipinski definition) is 5. The lowest BCUT2D eigenvalue weighted by Gasteiger charge is -2.07. The van der Waals surface area contributed by atoms with Crippen LogP contribution in [0.4, 0.5) is 10.1 Å². The molecule has 0 radical (unpaired) electrons. The molecular weight excluding hydrogens is 385 g/mol. The van der Waals surface area contributed by atoms with Gasteiger partial charge in [0.15, 0.2) is 0 Å². The number of carbonyl (C=O) groups excluding carboxylic acids is 1. The molecule has 0 unspecified atom stereocenters. The number of thiophene rings is 1. The summed E-state index contributed by atoms with van der Waals surface area (Å²) in [6, 6.07) is 4.68. The first kappa shape index (κ1) is 18.2. The maximum absolute atomic E-state index is 13.8. The highest BCUT2D eigenvalue weighted by Crippen LogP contribution is 2.34. The number of nitrogens with one attached hydrogen (secondary N) is 2. The van der Waals surface area contributed by atoms with Crippen molar-refractivity contribution in [1.29, 1.82) is 0 Å². The molecule has 2 N–H and O–H groups in total. The van der Waals surface area contributed by atoms with Gasteiger partial charge in [0.05, 0.1) is 22.6 Å². The predicted molar refractivity (Wildman–Crippen MR) is 108 cm³/mol. The van der Waals surface area contributed by atoms with Gasteiger partial charge in [0, 0.05) is 4.88 Å². The summed E-state index contributed by atoms with van der Waals surface area (Å²) in [7, 11) is 0. The summed E-state index contributed by atoms with van der Waals surface area (Å²) in [6.07, 6.45) is 3.07. The van der Waals surface area contributed by atoms with Gasteiger partial charge in [-0.2, -0.15) is 0 Å². The van der Waals surface area contributed by atoms with Crippen molar-refractivity contribution in [3.05, 3.63) is 56.2 Å².